The topological polar surface area (TPSA) is 55.4 Å². The zero-order chi connectivity index (χ0) is 24.9. The first-order valence-electron chi connectivity index (χ1n) is 12.2. The summed E-state index contributed by atoms with van der Waals surface area (Å²) in [5.41, 5.74) is 4.57. The number of hydrogen-bond donors (Lipinski definition) is 1. The van der Waals surface area contributed by atoms with Crippen molar-refractivity contribution in [1.82, 2.24) is 4.72 Å². The molecule has 0 saturated carbocycles. The van der Waals surface area contributed by atoms with Crippen LogP contribution in [0.1, 0.15) is 89.5 Å². The van der Waals surface area contributed by atoms with Gasteiger partial charge in [0.05, 0.1) is 11.5 Å². The van der Waals surface area contributed by atoms with Gasteiger partial charge in [-0.2, -0.15) is 0 Å². The zero-order valence-corrected chi connectivity index (χ0v) is 22.7. The second kappa shape index (κ2) is 11.1. The molecular formula is C28H43NO3S. The Bertz CT molecular complexity index is 1040. The molecule has 4 nitrogen and oxygen atoms in total. The van der Waals surface area contributed by atoms with Crippen molar-refractivity contribution >= 4 is 10.0 Å². The van der Waals surface area contributed by atoms with Gasteiger partial charge in [0.1, 0.15) is 5.75 Å². The third-order valence-electron chi connectivity index (χ3n) is 7.00. The molecule has 33 heavy (non-hydrogen) atoms. The number of hydrogen-bond acceptors (Lipinski definition) is 3. The number of sulfonamides is 1. The summed E-state index contributed by atoms with van der Waals surface area (Å²) in [4.78, 5) is 0.353. The molecule has 0 aliphatic heterocycles. The first-order chi connectivity index (χ1) is 15.3. The third-order valence-corrected chi connectivity index (χ3v) is 8.62. The van der Waals surface area contributed by atoms with E-state index >= 15 is 0 Å². The average Bonchev–Trinajstić information content (AvgIpc) is 2.75. The van der Waals surface area contributed by atoms with E-state index in [2.05, 4.69) is 64.5 Å². The van der Waals surface area contributed by atoms with E-state index in [1.54, 1.807) is 6.07 Å². The summed E-state index contributed by atoms with van der Waals surface area (Å²) in [6.45, 7) is 18.3. The quantitative estimate of drug-likeness (QED) is 0.344. The largest absolute Gasteiger partial charge is 0.493 e. The van der Waals surface area contributed by atoms with Gasteiger partial charge in [0.15, 0.2) is 0 Å². The van der Waals surface area contributed by atoms with Gasteiger partial charge in [0.25, 0.3) is 0 Å². The summed E-state index contributed by atoms with van der Waals surface area (Å²) >= 11 is 0. The number of unbranched alkanes of at least 4 members (excludes halogenated alkanes) is 1. The standard InChI is InChI=1S/C28H43NO3S/c1-9-27(5,6)23-14-15-25(24(20-23)28(7,8)10-2)32-18-12-11-17-29-33(30,31)26-16-13-21(3)19-22(26)4/h13-16,19-20,29H,9-12,17-18H2,1-8H3. The highest BCUT2D eigenvalue weighted by molar-refractivity contribution is 7.89. The second-order valence-electron chi connectivity index (χ2n) is 10.4. The lowest BCUT2D eigenvalue weighted by molar-refractivity contribution is 0.296. The normalized spacial score (nSPS) is 12.7. The van der Waals surface area contributed by atoms with Crippen molar-refractivity contribution in [1.29, 1.82) is 0 Å². The van der Waals surface area contributed by atoms with Gasteiger partial charge in [-0.3, -0.25) is 0 Å². The first kappa shape index (κ1) is 27.4. The summed E-state index contributed by atoms with van der Waals surface area (Å²) in [7, 11) is -3.49. The molecule has 1 N–H and O–H groups in total. The summed E-state index contributed by atoms with van der Waals surface area (Å²) in [5.74, 6) is 0.938. The molecule has 0 saturated heterocycles. The average molecular weight is 474 g/mol. The molecule has 0 aromatic heterocycles. The molecule has 0 unspecified atom stereocenters. The fraction of sp³-hybridized carbons (Fsp3) is 0.571. The Balaban J connectivity index is 1.97. The van der Waals surface area contributed by atoms with Crippen LogP contribution in [-0.2, 0) is 20.9 Å². The van der Waals surface area contributed by atoms with Crippen LogP contribution < -0.4 is 9.46 Å². The second-order valence-corrected chi connectivity index (χ2v) is 12.1. The fourth-order valence-electron chi connectivity index (χ4n) is 3.79. The Kier molecular flexibility index (Phi) is 9.17. The van der Waals surface area contributed by atoms with Gasteiger partial charge in [-0.1, -0.05) is 71.4 Å². The van der Waals surface area contributed by atoms with Crippen molar-refractivity contribution in [2.45, 2.75) is 96.8 Å². The zero-order valence-electron chi connectivity index (χ0n) is 21.8. The highest BCUT2D eigenvalue weighted by atomic mass is 32.2. The maximum absolute atomic E-state index is 12.6. The Morgan fingerprint density at radius 3 is 2.15 bits per heavy atom. The monoisotopic (exact) mass is 473 g/mol. The van der Waals surface area contributed by atoms with E-state index in [9.17, 15) is 8.42 Å². The molecule has 0 bridgehead atoms. The van der Waals surface area contributed by atoms with E-state index in [0.29, 0.717) is 18.0 Å². The predicted octanol–water partition coefficient (Wildman–Crippen LogP) is 6.82. The van der Waals surface area contributed by atoms with Gasteiger partial charge >= 0.3 is 0 Å². The van der Waals surface area contributed by atoms with Crippen molar-refractivity contribution in [3.63, 3.8) is 0 Å². The van der Waals surface area contributed by atoms with Crippen LogP contribution in [0.25, 0.3) is 0 Å². The molecule has 0 amide bonds. The number of aryl methyl sites for hydroxylation is 2. The van der Waals surface area contributed by atoms with Crippen LogP contribution >= 0.6 is 0 Å². The molecule has 0 spiro atoms. The minimum absolute atomic E-state index is 0.0245. The number of rotatable bonds is 12. The van der Waals surface area contributed by atoms with Crippen LogP contribution in [0.3, 0.4) is 0 Å². The van der Waals surface area contributed by atoms with Crippen LogP contribution in [0.15, 0.2) is 41.3 Å². The Hall–Kier alpha value is -1.85. The van der Waals surface area contributed by atoms with E-state index in [4.69, 9.17) is 4.74 Å². The highest BCUT2D eigenvalue weighted by Gasteiger charge is 2.26. The van der Waals surface area contributed by atoms with E-state index in [-0.39, 0.29) is 10.8 Å². The minimum Gasteiger partial charge on any atom is -0.493 e. The molecule has 0 heterocycles. The minimum atomic E-state index is -3.49. The van der Waals surface area contributed by atoms with Crippen LogP contribution in [0.2, 0.25) is 0 Å². The molecule has 0 aliphatic rings. The van der Waals surface area contributed by atoms with Gasteiger partial charge in [0, 0.05) is 12.1 Å². The van der Waals surface area contributed by atoms with E-state index in [1.807, 2.05) is 26.0 Å². The van der Waals surface area contributed by atoms with Gasteiger partial charge < -0.3 is 4.74 Å². The molecule has 184 valence electrons. The van der Waals surface area contributed by atoms with Crippen LogP contribution in [-0.4, -0.2) is 21.6 Å². The molecule has 0 atom stereocenters. The number of benzene rings is 2. The predicted molar refractivity (Wildman–Crippen MR) is 139 cm³/mol. The van der Waals surface area contributed by atoms with Crippen LogP contribution in [0.4, 0.5) is 0 Å². The molecule has 5 heteroatoms. The van der Waals surface area contributed by atoms with E-state index in [1.165, 1.54) is 11.1 Å². The Morgan fingerprint density at radius 1 is 0.879 bits per heavy atom. The van der Waals surface area contributed by atoms with Crippen molar-refractivity contribution < 1.29 is 13.2 Å². The maximum atomic E-state index is 12.6. The molecular weight excluding hydrogens is 430 g/mol. The summed E-state index contributed by atoms with van der Waals surface area (Å²) in [6.07, 6.45) is 3.61. The van der Waals surface area contributed by atoms with Gasteiger partial charge in [-0.05, 0) is 73.6 Å². The summed E-state index contributed by atoms with van der Waals surface area (Å²) in [5, 5.41) is 0. The van der Waals surface area contributed by atoms with E-state index < -0.39 is 10.0 Å². The number of ether oxygens (including phenoxy) is 1. The molecule has 0 radical (unpaired) electrons. The molecule has 2 aromatic carbocycles. The SMILES string of the molecule is CCC(C)(C)c1ccc(OCCCCNS(=O)(=O)c2ccc(C)cc2C)c(C(C)(C)CC)c1. The van der Waals surface area contributed by atoms with Gasteiger partial charge in [0.2, 0.25) is 10.0 Å². The summed E-state index contributed by atoms with van der Waals surface area (Å²) in [6, 6.07) is 12.0. The Labute approximate surface area is 202 Å². The van der Waals surface area contributed by atoms with Crippen molar-refractivity contribution in [2.75, 3.05) is 13.2 Å². The van der Waals surface area contributed by atoms with Crippen molar-refractivity contribution in [3.05, 3.63) is 58.7 Å². The lowest BCUT2D eigenvalue weighted by Gasteiger charge is -2.30. The van der Waals surface area contributed by atoms with Crippen LogP contribution in [0, 0.1) is 13.8 Å². The molecule has 0 aliphatic carbocycles. The lowest BCUT2D eigenvalue weighted by Crippen LogP contribution is -2.26. The van der Waals surface area contributed by atoms with Crippen molar-refractivity contribution in [3.8, 4) is 5.75 Å². The van der Waals surface area contributed by atoms with Crippen LogP contribution in [0.5, 0.6) is 5.75 Å². The molecule has 2 aromatic rings. The van der Waals surface area contributed by atoms with Crippen molar-refractivity contribution in [2.24, 2.45) is 0 Å². The van der Waals surface area contributed by atoms with E-state index in [0.717, 1.165) is 42.6 Å². The maximum Gasteiger partial charge on any atom is 0.240 e. The smallest absolute Gasteiger partial charge is 0.240 e. The highest BCUT2D eigenvalue weighted by Crippen LogP contribution is 2.38. The lowest BCUT2D eigenvalue weighted by atomic mass is 9.76. The van der Waals surface area contributed by atoms with Gasteiger partial charge in [-0.15, -0.1) is 0 Å². The first-order valence-corrected chi connectivity index (χ1v) is 13.7. The number of nitrogens with one attached hydrogen (secondary N) is 1. The third kappa shape index (κ3) is 7.07. The summed E-state index contributed by atoms with van der Waals surface area (Å²) < 4.78 is 34.1. The molecule has 0 fully saturated rings. The van der Waals surface area contributed by atoms with Gasteiger partial charge in [-0.25, -0.2) is 13.1 Å². The molecule has 2 rings (SSSR count). The Morgan fingerprint density at radius 2 is 1.55 bits per heavy atom. The fourth-order valence-corrected chi connectivity index (χ4v) is 5.09.